The Hall–Kier alpha value is -5.02. The molecule has 0 aliphatic heterocycles. The van der Waals surface area contributed by atoms with Gasteiger partial charge in [-0.2, -0.15) is 0 Å². The molecule has 8 aromatic carbocycles. The molecule has 0 amide bonds. The second-order valence-electron chi connectivity index (χ2n) is 11.6. The van der Waals surface area contributed by atoms with Gasteiger partial charge in [-0.05, 0) is 78.8 Å². The molecule has 2 aromatic heterocycles. The largest absolute Gasteiger partial charge is 0.135 e. The van der Waals surface area contributed by atoms with Crippen LogP contribution in [0.1, 0.15) is 0 Å². The summed E-state index contributed by atoms with van der Waals surface area (Å²) in [7, 11) is 0. The predicted molar refractivity (Wildman–Crippen MR) is 196 cm³/mol. The van der Waals surface area contributed by atoms with E-state index in [4.69, 9.17) is 0 Å². The Bertz CT molecular complexity index is 2710. The van der Waals surface area contributed by atoms with Crippen molar-refractivity contribution >= 4 is 95.3 Å². The van der Waals surface area contributed by atoms with Crippen LogP contribution >= 0.6 is 22.7 Å². The van der Waals surface area contributed by atoms with Crippen LogP contribution in [0.25, 0.3) is 94.9 Å². The van der Waals surface area contributed by atoms with Crippen molar-refractivity contribution < 1.29 is 0 Å². The van der Waals surface area contributed by atoms with Crippen molar-refractivity contribution in [1.29, 1.82) is 0 Å². The molecular formula is C42H24S2. The van der Waals surface area contributed by atoms with Crippen molar-refractivity contribution in [2.24, 2.45) is 0 Å². The summed E-state index contributed by atoms with van der Waals surface area (Å²) >= 11 is 3.81. The average Bonchev–Trinajstić information content (AvgIpc) is 3.62. The molecule has 0 radical (unpaired) electrons. The minimum atomic E-state index is 1.27. The zero-order valence-electron chi connectivity index (χ0n) is 23.7. The van der Waals surface area contributed by atoms with E-state index < -0.39 is 0 Å². The second-order valence-corrected chi connectivity index (χ2v) is 13.8. The molecule has 0 nitrogen and oxygen atoms in total. The van der Waals surface area contributed by atoms with Gasteiger partial charge in [0.05, 0.1) is 0 Å². The zero-order valence-corrected chi connectivity index (χ0v) is 25.3. The fraction of sp³-hybridized carbons (Fsp3) is 0. The maximum atomic E-state index is 2.43. The Kier molecular flexibility index (Phi) is 5.13. The van der Waals surface area contributed by atoms with E-state index in [1.54, 1.807) is 0 Å². The topological polar surface area (TPSA) is 0 Å². The lowest BCUT2D eigenvalue weighted by Gasteiger charge is -2.18. The Morgan fingerprint density at radius 2 is 0.818 bits per heavy atom. The molecule has 2 heteroatoms. The molecule has 0 spiro atoms. The fourth-order valence-electron chi connectivity index (χ4n) is 7.32. The third-order valence-electron chi connectivity index (χ3n) is 9.25. The summed E-state index contributed by atoms with van der Waals surface area (Å²) in [6.07, 6.45) is 0. The standard InChI is InChI=1S/C42H24S2/c1-2-12-27-25(10-1)11-9-18-30(27)42-33-16-5-3-14-31(33)41(32-15-4-6-17-34(32)42)26-20-21-29-36-23-35-28-13-7-8-19-37(28)43-39(35)24-40(36)44-38(29)22-26/h1-24H. The molecular weight excluding hydrogens is 569 g/mol. The van der Waals surface area contributed by atoms with E-state index in [0.717, 1.165) is 0 Å². The van der Waals surface area contributed by atoms with Crippen LogP contribution in [-0.4, -0.2) is 0 Å². The van der Waals surface area contributed by atoms with Crippen LogP contribution in [0.15, 0.2) is 146 Å². The van der Waals surface area contributed by atoms with Crippen molar-refractivity contribution in [3.05, 3.63) is 146 Å². The summed E-state index contributed by atoms with van der Waals surface area (Å²) < 4.78 is 5.42. The van der Waals surface area contributed by atoms with Crippen LogP contribution in [0.2, 0.25) is 0 Å². The van der Waals surface area contributed by atoms with Gasteiger partial charge in [-0.3, -0.25) is 0 Å². The molecule has 0 saturated carbocycles. The summed E-state index contributed by atoms with van der Waals surface area (Å²) in [5.74, 6) is 0. The molecule has 10 rings (SSSR count). The Labute approximate surface area is 262 Å². The predicted octanol–water partition coefficient (Wildman–Crippen LogP) is 13.2. The summed E-state index contributed by atoms with van der Waals surface area (Å²) in [6.45, 7) is 0. The average molecular weight is 593 g/mol. The maximum absolute atomic E-state index is 2.43. The molecule has 0 bridgehead atoms. The molecule has 204 valence electrons. The van der Waals surface area contributed by atoms with E-state index in [1.165, 1.54) is 94.9 Å². The molecule has 0 saturated heterocycles. The minimum Gasteiger partial charge on any atom is -0.135 e. The maximum Gasteiger partial charge on any atom is 0.0369 e. The van der Waals surface area contributed by atoms with Gasteiger partial charge in [0.1, 0.15) is 0 Å². The Morgan fingerprint density at radius 3 is 1.55 bits per heavy atom. The molecule has 0 aliphatic rings. The first-order valence-electron chi connectivity index (χ1n) is 15.0. The normalized spacial score (nSPS) is 12.1. The minimum absolute atomic E-state index is 1.27. The van der Waals surface area contributed by atoms with Crippen LogP contribution in [0.4, 0.5) is 0 Å². The number of rotatable bonds is 2. The van der Waals surface area contributed by atoms with E-state index in [-0.39, 0.29) is 0 Å². The highest BCUT2D eigenvalue weighted by molar-refractivity contribution is 7.28. The molecule has 0 aliphatic carbocycles. The van der Waals surface area contributed by atoms with Gasteiger partial charge in [-0.15, -0.1) is 22.7 Å². The quantitative estimate of drug-likeness (QED) is 0.175. The van der Waals surface area contributed by atoms with E-state index in [0.29, 0.717) is 0 Å². The first-order chi connectivity index (χ1) is 21.8. The van der Waals surface area contributed by atoms with Crippen LogP contribution < -0.4 is 0 Å². The van der Waals surface area contributed by atoms with E-state index >= 15 is 0 Å². The highest BCUT2D eigenvalue weighted by Gasteiger charge is 2.19. The van der Waals surface area contributed by atoms with Crippen molar-refractivity contribution in [2.75, 3.05) is 0 Å². The molecule has 0 unspecified atom stereocenters. The molecule has 0 fully saturated rings. The van der Waals surface area contributed by atoms with Gasteiger partial charge in [-0.25, -0.2) is 0 Å². The zero-order chi connectivity index (χ0) is 28.8. The van der Waals surface area contributed by atoms with Gasteiger partial charge in [0.15, 0.2) is 0 Å². The number of hydrogen-bond acceptors (Lipinski definition) is 2. The summed E-state index contributed by atoms with van der Waals surface area (Å²) in [4.78, 5) is 0. The molecule has 2 heterocycles. The smallest absolute Gasteiger partial charge is 0.0369 e. The lowest BCUT2D eigenvalue weighted by molar-refractivity contribution is 1.69. The van der Waals surface area contributed by atoms with Gasteiger partial charge in [0, 0.05) is 40.3 Å². The van der Waals surface area contributed by atoms with E-state index in [9.17, 15) is 0 Å². The summed E-state index contributed by atoms with van der Waals surface area (Å²) in [5.41, 5.74) is 5.18. The first-order valence-corrected chi connectivity index (χ1v) is 16.6. The van der Waals surface area contributed by atoms with Crippen molar-refractivity contribution in [3.63, 3.8) is 0 Å². The number of thiophene rings is 2. The third kappa shape index (κ3) is 3.44. The van der Waals surface area contributed by atoms with Crippen molar-refractivity contribution in [1.82, 2.24) is 0 Å². The van der Waals surface area contributed by atoms with Gasteiger partial charge in [0.25, 0.3) is 0 Å². The molecule has 0 atom stereocenters. The Balaban J connectivity index is 1.26. The van der Waals surface area contributed by atoms with E-state index in [2.05, 4.69) is 146 Å². The SMILES string of the molecule is c1ccc2c(-c3c4ccccc4c(-c4ccc5c(c4)sc4cc6sc7ccccc7c6cc45)c4ccccc34)cccc2c1. The monoisotopic (exact) mass is 592 g/mol. The lowest BCUT2D eigenvalue weighted by Crippen LogP contribution is -1.91. The van der Waals surface area contributed by atoms with Crippen LogP contribution in [-0.2, 0) is 0 Å². The van der Waals surface area contributed by atoms with Crippen LogP contribution in [0.3, 0.4) is 0 Å². The molecule has 0 N–H and O–H groups in total. The second kappa shape index (κ2) is 9.24. The Morgan fingerprint density at radius 1 is 0.295 bits per heavy atom. The van der Waals surface area contributed by atoms with Crippen molar-refractivity contribution in [2.45, 2.75) is 0 Å². The molecule has 44 heavy (non-hydrogen) atoms. The molecule has 10 aromatic rings. The number of hydrogen-bond donors (Lipinski definition) is 0. The van der Waals surface area contributed by atoms with Gasteiger partial charge >= 0.3 is 0 Å². The van der Waals surface area contributed by atoms with E-state index in [1.807, 2.05) is 22.7 Å². The highest BCUT2D eigenvalue weighted by atomic mass is 32.1. The van der Waals surface area contributed by atoms with Crippen LogP contribution in [0.5, 0.6) is 0 Å². The number of benzene rings is 8. The summed E-state index contributed by atoms with van der Waals surface area (Å²) in [5, 5.41) is 13.1. The fourth-order valence-corrected chi connectivity index (χ4v) is 9.69. The summed E-state index contributed by atoms with van der Waals surface area (Å²) in [6, 6.07) is 54.1. The van der Waals surface area contributed by atoms with Gasteiger partial charge < -0.3 is 0 Å². The lowest BCUT2D eigenvalue weighted by atomic mass is 9.84. The first kappa shape index (κ1) is 24.4. The van der Waals surface area contributed by atoms with Gasteiger partial charge in [-0.1, -0.05) is 121 Å². The van der Waals surface area contributed by atoms with Crippen LogP contribution in [0, 0.1) is 0 Å². The number of fused-ring (bicyclic) bond motifs is 9. The highest BCUT2D eigenvalue weighted by Crippen LogP contribution is 2.47. The van der Waals surface area contributed by atoms with Gasteiger partial charge in [0.2, 0.25) is 0 Å². The third-order valence-corrected chi connectivity index (χ3v) is 11.5. The van der Waals surface area contributed by atoms with Crippen molar-refractivity contribution in [3.8, 4) is 22.3 Å².